The molecule has 0 atom stereocenters. The van der Waals surface area contributed by atoms with Gasteiger partial charge in [-0.05, 0) is 23.8 Å². The summed E-state index contributed by atoms with van der Waals surface area (Å²) in [6, 6.07) is 14.8. The van der Waals surface area contributed by atoms with E-state index in [1.54, 1.807) is 24.5 Å². The van der Waals surface area contributed by atoms with Gasteiger partial charge in [0.15, 0.2) is 0 Å². The molecule has 1 heterocycles. The second-order valence-corrected chi connectivity index (χ2v) is 4.03. The molecule has 1 aromatic heterocycles. The SMILES string of the molecule is O=C(O)c1ccc2c(-c3ccccc3)coc2c1. The van der Waals surface area contributed by atoms with Crippen molar-refractivity contribution in [1.29, 1.82) is 0 Å². The molecule has 3 aromatic rings. The van der Waals surface area contributed by atoms with Crippen molar-refractivity contribution >= 4 is 16.9 Å². The van der Waals surface area contributed by atoms with E-state index < -0.39 is 5.97 Å². The number of furan rings is 1. The number of hydrogen-bond donors (Lipinski definition) is 1. The van der Waals surface area contributed by atoms with Crippen molar-refractivity contribution in [2.45, 2.75) is 0 Å². The Morgan fingerprint density at radius 2 is 1.83 bits per heavy atom. The lowest BCUT2D eigenvalue weighted by atomic mass is 10.0. The van der Waals surface area contributed by atoms with Crippen LogP contribution in [0.25, 0.3) is 22.1 Å². The Morgan fingerprint density at radius 3 is 2.56 bits per heavy atom. The van der Waals surface area contributed by atoms with Gasteiger partial charge in [-0.3, -0.25) is 0 Å². The highest BCUT2D eigenvalue weighted by Gasteiger charge is 2.10. The van der Waals surface area contributed by atoms with Crippen LogP contribution in [0.1, 0.15) is 10.4 Å². The van der Waals surface area contributed by atoms with E-state index in [4.69, 9.17) is 9.52 Å². The molecule has 3 nitrogen and oxygen atoms in total. The largest absolute Gasteiger partial charge is 0.478 e. The average Bonchev–Trinajstić information content (AvgIpc) is 2.82. The third kappa shape index (κ3) is 1.66. The van der Waals surface area contributed by atoms with Crippen LogP contribution in [0.2, 0.25) is 0 Å². The van der Waals surface area contributed by atoms with Crippen molar-refractivity contribution < 1.29 is 14.3 Å². The van der Waals surface area contributed by atoms with Gasteiger partial charge in [0.05, 0.1) is 11.8 Å². The maximum Gasteiger partial charge on any atom is 0.335 e. The van der Waals surface area contributed by atoms with Gasteiger partial charge in [0, 0.05) is 10.9 Å². The Bertz CT molecular complexity index is 711. The summed E-state index contributed by atoms with van der Waals surface area (Å²) >= 11 is 0. The minimum atomic E-state index is -0.949. The second kappa shape index (κ2) is 4.04. The van der Waals surface area contributed by atoms with Gasteiger partial charge in [-0.25, -0.2) is 4.79 Å². The van der Waals surface area contributed by atoms with E-state index >= 15 is 0 Å². The highest BCUT2D eigenvalue weighted by molar-refractivity contribution is 5.98. The molecular formula is C15H10O3. The molecule has 0 fully saturated rings. The zero-order valence-electron chi connectivity index (χ0n) is 9.46. The maximum absolute atomic E-state index is 10.9. The molecule has 1 N–H and O–H groups in total. The predicted molar refractivity (Wildman–Crippen MR) is 68.6 cm³/mol. The van der Waals surface area contributed by atoms with E-state index in [-0.39, 0.29) is 5.56 Å². The lowest BCUT2D eigenvalue weighted by Crippen LogP contribution is -1.94. The number of carboxylic acid groups (broad SMARTS) is 1. The van der Waals surface area contributed by atoms with Crippen molar-refractivity contribution in [2.75, 3.05) is 0 Å². The summed E-state index contributed by atoms with van der Waals surface area (Å²) in [5, 5.41) is 9.85. The number of aromatic carboxylic acids is 1. The Hall–Kier alpha value is -2.55. The summed E-state index contributed by atoms with van der Waals surface area (Å²) in [5.74, 6) is -0.949. The molecule has 0 saturated carbocycles. The predicted octanol–water partition coefficient (Wildman–Crippen LogP) is 3.80. The zero-order valence-corrected chi connectivity index (χ0v) is 9.46. The lowest BCUT2D eigenvalue weighted by Gasteiger charge is -1.98. The van der Waals surface area contributed by atoms with Gasteiger partial charge < -0.3 is 9.52 Å². The molecule has 0 saturated heterocycles. The molecule has 0 aliphatic rings. The van der Waals surface area contributed by atoms with E-state index in [0.717, 1.165) is 16.5 Å². The van der Waals surface area contributed by atoms with E-state index in [1.807, 2.05) is 30.3 Å². The normalized spacial score (nSPS) is 10.7. The van der Waals surface area contributed by atoms with Crippen LogP contribution in [0.4, 0.5) is 0 Å². The van der Waals surface area contributed by atoms with Gasteiger partial charge in [0.1, 0.15) is 5.58 Å². The van der Waals surface area contributed by atoms with Crippen LogP contribution in [0, 0.1) is 0 Å². The summed E-state index contributed by atoms with van der Waals surface area (Å²) in [6.45, 7) is 0. The smallest absolute Gasteiger partial charge is 0.335 e. The molecule has 3 heteroatoms. The molecular weight excluding hydrogens is 228 g/mol. The highest BCUT2D eigenvalue weighted by Crippen LogP contribution is 2.30. The molecule has 0 bridgehead atoms. The number of rotatable bonds is 2. The van der Waals surface area contributed by atoms with Gasteiger partial charge in [-0.1, -0.05) is 30.3 Å². The van der Waals surface area contributed by atoms with E-state index in [9.17, 15) is 4.79 Å². The summed E-state index contributed by atoms with van der Waals surface area (Å²) in [4.78, 5) is 10.9. The van der Waals surface area contributed by atoms with Crippen molar-refractivity contribution in [1.82, 2.24) is 0 Å². The van der Waals surface area contributed by atoms with Crippen LogP contribution in [0.5, 0.6) is 0 Å². The topological polar surface area (TPSA) is 50.4 Å². The van der Waals surface area contributed by atoms with Gasteiger partial charge >= 0.3 is 5.97 Å². The molecule has 0 spiro atoms. The molecule has 0 aliphatic carbocycles. The standard InChI is InChI=1S/C15H10O3/c16-15(17)11-6-7-12-13(9-18-14(12)8-11)10-4-2-1-3-5-10/h1-9H,(H,16,17). The number of hydrogen-bond acceptors (Lipinski definition) is 2. The average molecular weight is 238 g/mol. The molecule has 2 aromatic carbocycles. The molecule has 3 rings (SSSR count). The van der Waals surface area contributed by atoms with Crippen LogP contribution in [0.15, 0.2) is 59.2 Å². The number of fused-ring (bicyclic) bond motifs is 1. The third-order valence-electron chi connectivity index (χ3n) is 2.91. The fourth-order valence-electron chi connectivity index (χ4n) is 2.00. The molecule has 0 aliphatic heterocycles. The number of carboxylic acids is 1. The Labute approximate surface area is 103 Å². The fourth-order valence-corrected chi connectivity index (χ4v) is 2.00. The first-order valence-corrected chi connectivity index (χ1v) is 5.55. The summed E-state index contributed by atoms with van der Waals surface area (Å²) in [7, 11) is 0. The highest BCUT2D eigenvalue weighted by atomic mass is 16.4. The molecule has 0 radical (unpaired) electrons. The molecule has 0 unspecified atom stereocenters. The van der Waals surface area contributed by atoms with E-state index in [0.29, 0.717) is 5.58 Å². The Balaban J connectivity index is 2.19. The fraction of sp³-hybridized carbons (Fsp3) is 0. The first kappa shape index (κ1) is 10.6. The Kier molecular flexibility index (Phi) is 2.38. The Morgan fingerprint density at radius 1 is 1.06 bits per heavy atom. The van der Waals surface area contributed by atoms with Crippen LogP contribution < -0.4 is 0 Å². The van der Waals surface area contributed by atoms with E-state index in [2.05, 4.69) is 0 Å². The first-order chi connectivity index (χ1) is 8.75. The van der Waals surface area contributed by atoms with Gasteiger partial charge in [-0.15, -0.1) is 0 Å². The lowest BCUT2D eigenvalue weighted by molar-refractivity contribution is 0.0697. The number of carbonyl (C=O) groups is 1. The second-order valence-electron chi connectivity index (χ2n) is 4.03. The monoisotopic (exact) mass is 238 g/mol. The van der Waals surface area contributed by atoms with E-state index in [1.165, 1.54) is 0 Å². The first-order valence-electron chi connectivity index (χ1n) is 5.55. The summed E-state index contributed by atoms with van der Waals surface area (Å²) in [6.07, 6.45) is 1.66. The zero-order chi connectivity index (χ0) is 12.5. The third-order valence-corrected chi connectivity index (χ3v) is 2.91. The van der Waals surface area contributed by atoms with Crippen LogP contribution in [-0.4, -0.2) is 11.1 Å². The van der Waals surface area contributed by atoms with Crippen molar-refractivity contribution in [3.8, 4) is 11.1 Å². The van der Waals surface area contributed by atoms with Crippen molar-refractivity contribution in [3.05, 3.63) is 60.4 Å². The van der Waals surface area contributed by atoms with Gasteiger partial charge in [0.25, 0.3) is 0 Å². The van der Waals surface area contributed by atoms with Gasteiger partial charge in [0.2, 0.25) is 0 Å². The molecule has 0 amide bonds. The van der Waals surface area contributed by atoms with Gasteiger partial charge in [-0.2, -0.15) is 0 Å². The number of benzene rings is 2. The van der Waals surface area contributed by atoms with Crippen molar-refractivity contribution in [2.24, 2.45) is 0 Å². The quantitative estimate of drug-likeness (QED) is 0.738. The van der Waals surface area contributed by atoms with Crippen molar-refractivity contribution in [3.63, 3.8) is 0 Å². The summed E-state index contributed by atoms with van der Waals surface area (Å²) in [5.41, 5.74) is 2.85. The van der Waals surface area contributed by atoms with Crippen LogP contribution in [0.3, 0.4) is 0 Å². The minimum absolute atomic E-state index is 0.233. The maximum atomic E-state index is 10.9. The van der Waals surface area contributed by atoms with Crippen LogP contribution in [-0.2, 0) is 0 Å². The molecule has 88 valence electrons. The minimum Gasteiger partial charge on any atom is -0.478 e. The van der Waals surface area contributed by atoms with Crippen LogP contribution >= 0.6 is 0 Å². The summed E-state index contributed by atoms with van der Waals surface area (Å²) < 4.78 is 5.43. The molecule has 18 heavy (non-hydrogen) atoms.